The lowest BCUT2D eigenvalue weighted by Crippen LogP contribution is -2.20. The highest BCUT2D eigenvalue weighted by Gasteiger charge is 2.12. The maximum Gasteiger partial charge on any atom is 0.387 e. The number of pyridine rings is 1. The SMILES string of the molecule is CN(C)c1ccc(CNC(=O)/C=C/c2ccc(OC(F)F)cc2OC(F)F)cn1. The fourth-order valence-corrected chi connectivity index (χ4v) is 2.23. The molecular weight excluding hydrogens is 394 g/mol. The first-order chi connectivity index (χ1) is 13.7. The first-order valence-electron chi connectivity index (χ1n) is 8.36. The quantitative estimate of drug-likeness (QED) is 0.502. The first-order valence-corrected chi connectivity index (χ1v) is 8.36. The lowest BCUT2D eigenvalue weighted by molar-refractivity contribution is -0.116. The number of nitrogens with one attached hydrogen (secondary N) is 1. The van der Waals surface area contributed by atoms with Gasteiger partial charge < -0.3 is 19.7 Å². The molecule has 6 nitrogen and oxygen atoms in total. The molecule has 1 aromatic heterocycles. The Hall–Kier alpha value is -3.30. The summed E-state index contributed by atoms with van der Waals surface area (Å²) in [5.74, 6) is -0.458. The Kier molecular flexibility index (Phi) is 7.81. The molecule has 10 heteroatoms. The summed E-state index contributed by atoms with van der Waals surface area (Å²) in [7, 11) is 3.71. The summed E-state index contributed by atoms with van der Waals surface area (Å²) in [6, 6.07) is 6.88. The lowest BCUT2D eigenvalue weighted by Gasteiger charge is -2.11. The number of amides is 1. The average molecular weight is 413 g/mol. The number of alkyl halides is 4. The Morgan fingerprint density at radius 3 is 2.45 bits per heavy atom. The zero-order valence-electron chi connectivity index (χ0n) is 15.6. The van der Waals surface area contributed by atoms with Crippen molar-refractivity contribution in [3.05, 3.63) is 53.7 Å². The number of carbonyl (C=O) groups excluding carboxylic acids is 1. The Labute approximate surface area is 164 Å². The molecule has 0 saturated carbocycles. The predicted molar refractivity (Wildman–Crippen MR) is 99.2 cm³/mol. The van der Waals surface area contributed by atoms with Crippen LogP contribution < -0.4 is 19.7 Å². The van der Waals surface area contributed by atoms with Gasteiger partial charge in [0, 0.05) is 44.5 Å². The monoisotopic (exact) mass is 413 g/mol. The van der Waals surface area contributed by atoms with Gasteiger partial charge in [0.15, 0.2) is 0 Å². The van der Waals surface area contributed by atoms with E-state index in [1.54, 1.807) is 12.3 Å². The van der Waals surface area contributed by atoms with E-state index in [-0.39, 0.29) is 17.9 Å². The van der Waals surface area contributed by atoms with Gasteiger partial charge in [0.2, 0.25) is 5.91 Å². The molecule has 0 fully saturated rings. The van der Waals surface area contributed by atoms with E-state index < -0.39 is 24.9 Å². The second kappa shape index (κ2) is 10.3. The molecule has 29 heavy (non-hydrogen) atoms. The zero-order chi connectivity index (χ0) is 21.4. The molecule has 0 spiro atoms. The minimum absolute atomic E-state index is 0.0964. The van der Waals surface area contributed by atoms with Crippen LogP contribution in [-0.2, 0) is 11.3 Å². The summed E-state index contributed by atoms with van der Waals surface area (Å²) < 4.78 is 58.1. The number of nitrogens with zero attached hydrogens (tertiary/aromatic N) is 2. The van der Waals surface area contributed by atoms with E-state index in [2.05, 4.69) is 19.8 Å². The Morgan fingerprint density at radius 1 is 1.14 bits per heavy atom. The van der Waals surface area contributed by atoms with Crippen molar-refractivity contribution in [1.82, 2.24) is 10.3 Å². The second-order valence-corrected chi connectivity index (χ2v) is 5.93. The molecule has 0 radical (unpaired) electrons. The number of anilines is 1. The van der Waals surface area contributed by atoms with E-state index in [0.717, 1.165) is 29.6 Å². The third-order valence-electron chi connectivity index (χ3n) is 3.57. The number of ether oxygens (including phenoxy) is 2. The highest BCUT2D eigenvalue weighted by molar-refractivity contribution is 5.92. The van der Waals surface area contributed by atoms with Crippen molar-refractivity contribution in [3.63, 3.8) is 0 Å². The highest BCUT2D eigenvalue weighted by Crippen LogP contribution is 2.28. The fourth-order valence-electron chi connectivity index (χ4n) is 2.23. The summed E-state index contributed by atoms with van der Waals surface area (Å²) in [5.41, 5.74) is 0.867. The van der Waals surface area contributed by atoms with Crippen LogP contribution in [0.2, 0.25) is 0 Å². The van der Waals surface area contributed by atoms with Gasteiger partial charge in [-0.25, -0.2) is 4.98 Å². The van der Waals surface area contributed by atoms with Crippen LogP contribution in [0.1, 0.15) is 11.1 Å². The molecule has 1 amide bonds. The summed E-state index contributed by atoms with van der Waals surface area (Å²) in [6.07, 6.45) is 3.96. The van der Waals surface area contributed by atoms with E-state index in [0.29, 0.717) is 0 Å². The molecule has 0 aliphatic carbocycles. The van der Waals surface area contributed by atoms with Gasteiger partial charge in [-0.2, -0.15) is 17.6 Å². The lowest BCUT2D eigenvalue weighted by atomic mass is 10.1. The van der Waals surface area contributed by atoms with Crippen molar-refractivity contribution in [1.29, 1.82) is 0 Å². The first kappa shape index (κ1) is 22.0. The van der Waals surface area contributed by atoms with Gasteiger partial charge in [-0.1, -0.05) is 6.07 Å². The zero-order valence-corrected chi connectivity index (χ0v) is 15.6. The van der Waals surface area contributed by atoms with Gasteiger partial charge in [0.1, 0.15) is 17.3 Å². The molecule has 0 atom stereocenters. The van der Waals surface area contributed by atoms with Gasteiger partial charge in [0.25, 0.3) is 0 Å². The fraction of sp³-hybridized carbons (Fsp3) is 0.263. The highest BCUT2D eigenvalue weighted by atomic mass is 19.3. The van der Waals surface area contributed by atoms with Crippen LogP contribution in [-0.4, -0.2) is 38.2 Å². The summed E-state index contributed by atoms with van der Waals surface area (Å²) >= 11 is 0. The minimum atomic E-state index is -3.17. The second-order valence-electron chi connectivity index (χ2n) is 5.93. The number of hydrogen-bond donors (Lipinski definition) is 1. The molecule has 0 saturated heterocycles. The van der Waals surface area contributed by atoms with E-state index in [1.165, 1.54) is 12.1 Å². The maximum atomic E-state index is 12.6. The Balaban J connectivity index is 2.02. The number of hydrogen-bond acceptors (Lipinski definition) is 5. The van der Waals surface area contributed by atoms with E-state index in [9.17, 15) is 22.4 Å². The number of rotatable bonds is 9. The molecule has 2 rings (SSSR count). The van der Waals surface area contributed by atoms with Gasteiger partial charge in [-0.3, -0.25) is 4.79 Å². The molecule has 0 unspecified atom stereocenters. The van der Waals surface area contributed by atoms with Gasteiger partial charge >= 0.3 is 13.2 Å². The van der Waals surface area contributed by atoms with Crippen LogP contribution in [0, 0.1) is 0 Å². The normalized spacial score (nSPS) is 11.2. The van der Waals surface area contributed by atoms with E-state index in [4.69, 9.17) is 0 Å². The third kappa shape index (κ3) is 7.32. The molecule has 1 heterocycles. The molecule has 0 aliphatic heterocycles. The average Bonchev–Trinajstić information content (AvgIpc) is 2.65. The van der Waals surface area contributed by atoms with Crippen molar-refractivity contribution in [2.24, 2.45) is 0 Å². The van der Waals surface area contributed by atoms with Crippen molar-refractivity contribution >= 4 is 17.8 Å². The maximum absolute atomic E-state index is 12.6. The summed E-state index contributed by atoms with van der Waals surface area (Å²) in [6.45, 7) is -6.07. The molecule has 156 valence electrons. The summed E-state index contributed by atoms with van der Waals surface area (Å²) in [4.78, 5) is 18.0. The van der Waals surface area contributed by atoms with Gasteiger partial charge in [-0.05, 0) is 29.8 Å². The predicted octanol–water partition coefficient (Wildman–Crippen LogP) is 3.68. The Morgan fingerprint density at radius 2 is 1.86 bits per heavy atom. The van der Waals surface area contributed by atoms with Crippen LogP contribution in [0.25, 0.3) is 6.08 Å². The van der Waals surface area contributed by atoms with E-state index >= 15 is 0 Å². The van der Waals surface area contributed by atoms with Crippen LogP contribution in [0.5, 0.6) is 11.5 Å². The number of benzene rings is 1. The Bertz CT molecular complexity index is 843. The molecule has 1 N–H and O–H groups in total. The van der Waals surface area contributed by atoms with Crippen molar-refractivity contribution in [2.75, 3.05) is 19.0 Å². The van der Waals surface area contributed by atoms with Crippen molar-refractivity contribution in [3.8, 4) is 11.5 Å². The van der Waals surface area contributed by atoms with Crippen LogP contribution in [0.4, 0.5) is 23.4 Å². The standard InChI is InChI=1S/C19H19F4N3O3/c1-26(2)16-7-3-12(10-24-16)11-25-17(27)8-5-13-4-6-14(28-18(20)21)9-15(13)29-19(22)23/h3-10,18-19H,11H2,1-2H3,(H,25,27)/b8-5+. The van der Waals surface area contributed by atoms with Crippen LogP contribution in [0.3, 0.4) is 0 Å². The molecule has 2 aromatic rings. The molecular formula is C19H19F4N3O3. The molecule has 0 aliphatic rings. The van der Waals surface area contributed by atoms with Crippen molar-refractivity contribution in [2.45, 2.75) is 19.8 Å². The number of halogens is 4. The minimum Gasteiger partial charge on any atom is -0.435 e. The van der Waals surface area contributed by atoms with Crippen LogP contribution in [0.15, 0.2) is 42.6 Å². The van der Waals surface area contributed by atoms with Crippen molar-refractivity contribution < 1.29 is 31.8 Å². The van der Waals surface area contributed by atoms with Gasteiger partial charge in [-0.15, -0.1) is 0 Å². The topological polar surface area (TPSA) is 63.7 Å². The van der Waals surface area contributed by atoms with E-state index in [1.807, 2.05) is 25.1 Å². The van der Waals surface area contributed by atoms with Gasteiger partial charge in [0.05, 0.1) is 0 Å². The summed E-state index contributed by atoms with van der Waals surface area (Å²) in [5, 5.41) is 2.62. The smallest absolute Gasteiger partial charge is 0.387 e. The largest absolute Gasteiger partial charge is 0.435 e. The van der Waals surface area contributed by atoms with Crippen LogP contribution >= 0.6 is 0 Å². The molecule has 1 aromatic carbocycles. The number of aromatic nitrogens is 1. The molecule has 0 bridgehead atoms. The number of carbonyl (C=O) groups is 1. The third-order valence-corrected chi connectivity index (χ3v) is 3.57.